The molecule has 0 bridgehead atoms. The normalized spacial score (nSPS) is 7.30. The number of hydrogen-bond donors (Lipinski definition) is 1. The Kier molecular flexibility index (Phi) is 9.19. The Hall–Kier alpha value is 1.05. The first kappa shape index (κ1) is 13.6. The summed E-state index contributed by atoms with van der Waals surface area (Å²) in [6.45, 7) is 0. The van der Waals surface area contributed by atoms with Gasteiger partial charge in [-0.05, 0) is 24.3 Å². The zero-order valence-electron chi connectivity index (χ0n) is 7.25. The van der Waals surface area contributed by atoms with Crippen LogP contribution in [0.2, 0.25) is 5.02 Å². The second-order valence-electron chi connectivity index (χ2n) is 1.48. The summed E-state index contributed by atoms with van der Waals surface area (Å²) in [6, 6.07) is 6.36. The summed E-state index contributed by atoms with van der Waals surface area (Å²) in [7, 11) is 0. The summed E-state index contributed by atoms with van der Waals surface area (Å²) in [4.78, 5) is 0. The van der Waals surface area contributed by atoms with Crippen molar-refractivity contribution in [2.45, 2.75) is 0 Å². The van der Waals surface area contributed by atoms with Crippen molar-refractivity contribution in [3.05, 3.63) is 29.3 Å². The molecule has 0 aromatic heterocycles. The van der Waals surface area contributed by atoms with E-state index >= 15 is 0 Å². The minimum absolute atomic E-state index is 0. The average molecular weight is 252 g/mol. The fourth-order valence-corrected chi connectivity index (χ4v) is 0.567. The van der Waals surface area contributed by atoms with Gasteiger partial charge < -0.3 is 7.96 Å². The molecule has 0 aliphatic heterocycles. The summed E-state index contributed by atoms with van der Waals surface area (Å²) < 4.78 is 0. The second kappa shape index (κ2) is 6.74. The summed E-state index contributed by atoms with van der Waals surface area (Å²) in [5.74, 6) is 0.245. The molecule has 0 atom stereocenters. The Morgan fingerprint density at radius 1 is 1.20 bits per heavy atom. The van der Waals surface area contributed by atoms with E-state index in [0.717, 1.165) is 0 Å². The van der Waals surface area contributed by atoms with Crippen LogP contribution in [0.25, 0.3) is 0 Å². The number of phenolic OH excluding ortho intramolecular Hbond substituents is 1. The third-order valence-electron chi connectivity index (χ3n) is 0.827. The van der Waals surface area contributed by atoms with Gasteiger partial charge in [0.15, 0.2) is 0 Å². The third kappa shape index (κ3) is 4.80. The van der Waals surface area contributed by atoms with Crippen molar-refractivity contribution in [2.75, 3.05) is 0 Å². The predicted molar refractivity (Wildman–Crippen MR) is 51.4 cm³/mol. The van der Waals surface area contributed by atoms with Crippen molar-refractivity contribution in [1.29, 1.82) is 0 Å². The smallest absolute Gasteiger partial charge is 1.00 e. The molecule has 10 heavy (non-hydrogen) atoms. The maximum absolute atomic E-state index is 8.70. The van der Waals surface area contributed by atoms with Crippen LogP contribution in [0.4, 0.5) is 0 Å². The van der Waals surface area contributed by atoms with Gasteiger partial charge in [0, 0.05) is 5.02 Å². The van der Waals surface area contributed by atoms with Crippen LogP contribution in [-0.4, -0.2) is 42.8 Å². The van der Waals surface area contributed by atoms with Gasteiger partial charge in [-0.1, -0.05) is 11.6 Å². The zero-order valence-corrected chi connectivity index (χ0v) is 9.93. The maximum atomic E-state index is 8.70. The van der Waals surface area contributed by atoms with Crippen LogP contribution >= 0.6 is 28.6 Å². The molecule has 1 rings (SSSR count). The fourth-order valence-electron chi connectivity index (χ4n) is 0.441. The van der Waals surface area contributed by atoms with Gasteiger partial charge in [0.25, 0.3) is 0 Å². The summed E-state index contributed by atoms with van der Waals surface area (Å²) in [6.07, 6.45) is 0. The monoisotopic (exact) mass is 250 g/mol. The molecule has 0 saturated heterocycles. The predicted octanol–water partition coefficient (Wildman–Crippen LogP) is 2.47. The Bertz CT molecular complexity index is 164. The second-order valence-corrected chi connectivity index (χ2v) is 1.91. The van der Waals surface area contributed by atoms with Crippen LogP contribution in [0.5, 0.6) is 5.75 Å². The standard InChI is InChI=1S/C6H5ClO.BrH.Ca.2H/c7-5-1-3-6(8)4-2-5;;;;/h1-4,8H;1H;;;/q;;+2;2*-1. The number of aromatic hydroxyl groups is 1. The average Bonchev–Trinajstić information content (AvgIpc) is 1.77. The van der Waals surface area contributed by atoms with Gasteiger partial charge in [0.05, 0.1) is 0 Å². The van der Waals surface area contributed by atoms with Gasteiger partial charge in [0.1, 0.15) is 5.75 Å². The maximum Gasteiger partial charge on any atom is 2.00 e. The van der Waals surface area contributed by atoms with Gasteiger partial charge in [-0.3, -0.25) is 0 Å². The first-order valence-corrected chi connectivity index (χ1v) is 2.61. The largest absolute Gasteiger partial charge is 2.00 e. The quantitative estimate of drug-likeness (QED) is 0.703. The molecule has 0 saturated carbocycles. The molecule has 0 aliphatic carbocycles. The van der Waals surface area contributed by atoms with E-state index in [-0.39, 0.29) is 63.3 Å². The molecule has 0 aliphatic rings. The van der Waals surface area contributed by atoms with E-state index in [1.807, 2.05) is 0 Å². The van der Waals surface area contributed by atoms with Gasteiger partial charge in [-0.2, -0.15) is 0 Å². The molecule has 0 radical (unpaired) electrons. The van der Waals surface area contributed by atoms with Crippen molar-refractivity contribution in [3.8, 4) is 5.75 Å². The van der Waals surface area contributed by atoms with Crippen molar-refractivity contribution in [3.63, 3.8) is 0 Å². The van der Waals surface area contributed by atoms with Crippen molar-refractivity contribution < 1.29 is 7.96 Å². The van der Waals surface area contributed by atoms with Crippen LogP contribution in [0.1, 0.15) is 2.85 Å². The topological polar surface area (TPSA) is 20.2 Å². The Balaban J connectivity index is -0.0000000800. The van der Waals surface area contributed by atoms with Gasteiger partial charge in [-0.15, -0.1) is 17.0 Å². The summed E-state index contributed by atoms with van der Waals surface area (Å²) >= 11 is 5.50. The summed E-state index contributed by atoms with van der Waals surface area (Å²) in [5.41, 5.74) is 0. The molecule has 0 heterocycles. The molecular formula is C6H8BrCaClO. The van der Waals surface area contributed by atoms with Crippen LogP contribution in [-0.2, 0) is 0 Å². The first-order valence-electron chi connectivity index (χ1n) is 2.23. The number of benzene rings is 1. The van der Waals surface area contributed by atoms with E-state index in [0.29, 0.717) is 5.02 Å². The molecule has 0 amide bonds. The molecule has 1 nitrogen and oxygen atoms in total. The van der Waals surface area contributed by atoms with Gasteiger partial charge in [0.2, 0.25) is 0 Å². The van der Waals surface area contributed by atoms with Crippen LogP contribution in [0.3, 0.4) is 0 Å². The van der Waals surface area contributed by atoms with E-state index < -0.39 is 0 Å². The van der Waals surface area contributed by atoms with Crippen LogP contribution in [0, 0.1) is 0 Å². The van der Waals surface area contributed by atoms with Crippen molar-refractivity contribution in [1.82, 2.24) is 0 Å². The molecule has 54 valence electrons. The van der Waals surface area contributed by atoms with E-state index in [1.54, 1.807) is 24.3 Å². The number of phenols is 1. The van der Waals surface area contributed by atoms with Crippen molar-refractivity contribution in [2.24, 2.45) is 0 Å². The molecule has 0 spiro atoms. The summed E-state index contributed by atoms with van der Waals surface area (Å²) in [5, 5.41) is 9.34. The molecule has 0 fully saturated rings. The van der Waals surface area contributed by atoms with E-state index in [9.17, 15) is 0 Å². The molecule has 0 unspecified atom stereocenters. The minimum atomic E-state index is 0. The third-order valence-corrected chi connectivity index (χ3v) is 1.08. The van der Waals surface area contributed by atoms with Crippen molar-refractivity contribution >= 4 is 66.3 Å². The molecule has 1 aromatic rings. The zero-order chi connectivity index (χ0) is 5.98. The Morgan fingerprint density at radius 3 is 1.90 bits per heavy atom. The SMILES string of the molecule is Br.Oc1ccc(Cl)cc1.[Ca+2].[H-].[H-]. The molecule has 1 N–H and O–H groups in total. The van der Waals surface area contributed by atoms with Crippen LogP contribution in [0.15, 0.2) is 24.3 Å². The van der Waals surface area contributed by atoms with Crippen LogP contribution < -0.4 is 0 Å². The number of halogens is 2. The first-order chi connectivity index (χ1) is 3.79. The number of hydrogen-bond acceptors (Lipinski definition) is 1. The fraction of sp³-hybridized carbons (Fsp3) is 0. The molecule has 4 heteroatoms. The molecular weight excluding hydrogens is 243 g/mol. The van der Waals surface area contributed by atoms with Gasteiger partial charge >= 0.3 is 37.7 Å². The Morgan fingerprint density at radius 2 is 1.60 bits per heavy atom. The van der Waals surface area contributed by atoms with E-state index in [1.165, 1.54) is 0 Å². The molecule has 1 aromatic carbocycles. The van der Waals surface area contributed by atoms with Gasteiger partial charge in [-0.25, -0.2) is 0 Å². The number of rotatable bonds is 0. The minimum Gasteiger partial charge on any atom is -1.00 e. The Labute approximate surface area is 108 Å². The van der Waals surface area contributed by atoms with E-state index in [2.05, 4.69) is 0 Å². The van der Waals surface area contributed by atoms with E-state index in [4.69, 9.17) is 16.7 Å².